The van der Waals surface area contributed by atoms with E-state index in [1.165, 1.54) is 6.42 Å². The van der Waals surface area contributed by atoms with E-state index < -0.39 is 0 Å². The molecule has 2 N–H and O–H groups in total. The summed E-state index contributed by atoms with van der Waals surface area (Å²) in [5, 5.41) is 17.3. The second-order valence-corrected chi connectivity index (χ2v) is 4.80. The Hall–Kier alpha value is -0.870. The minimum atomic E-state index is -0.0737. The van der Waals surface area contributed by atoms with Gasteiger partial charge < -0.3 is 10.4 Å². The van der Waals surface area contributed by atoms with Gasteiger partial charge in [-0.15, -0.1) is 0 Å². The molecule has 0 radical (unpaired) electrons. The van der Waals surface area contributed by atoms with Crippen molar-refractivity contribution in [2.24, 2.45) is 13.0 Å². The topological polar surface area (TPSA) is 50.1 Å². The van der Waals surface area contributed by atoms with Crippen molar-refractivity contribution in [1.82, 2.24) is 15.1 Å². The minimum Gasteiger partial charge on any atom is -0.393 e. The summed E-state index contributed by atoms with van der Waals surface area (Å²) in [6, 6.07) is 2.03. The Morgan fingerprint density at radius 2 is 2.44 bits per heavy atom. The van der Waals surface area contributed by atoms with Gasteiger partial charge in [0.2, 0.25) is 0 Å². The summed E-state index contributed by atoms with van der Waals surface area (Å²) >= 11 is 0. The molecule has 0 amide bonds. The first-order chi connectivity index (χ1) is 7.74. The Balaban J connectivity index is 1.67. The van der Waals surface area contributed by atoms with Gasteiger partial charge in [-0.05, 0) is 37.8 Å². The Morgan fingerprint density at radius 3 is 3.12 bits per heavy atom. The number of aliphatic hydroxyl groups is 1. The van der Waals surface area contributed by atoms with Crippen molar-refractivity contribution in [3.05, 3.63) is 18.0 Å². The van der Waals surface area contributed by atoms with E-state index in [9.17, 15) is 5.11 Å². The van der Waals surface area contributed by atoms with E-state index in [2.05, 4.69) is 10.4 Å². The molecule has 0 bridgehead atoms. The molecule has 90 valence electrons. The van der Waals surface area contributed by atoms with Gasteiger partial charge in [0.05, 0.1) is 11.8 Å². The summed E-state index contributed by atoms with van der Waals surface area (Å²) in [5.41, 5.74) is 1.08. The molecule has 0 spiro atoms. The van der Waals surface area contributed by atoms with E-state index in [1.54, 1.807) is 0 Å². The van der Waals surface area contributed by atoms with Gasteiger partial charge in [0.25, 0.3) is 0 Å². The SMILES string of the molecule is Cn1ccc(CNCC2CCCC(O)C2)n1. The number of aliphatic hydroxyl groups excluding tert-OH is 1. The molecule has 4 heteroatoms. The normalized spacial score (nSPS) is 25.9. The molecule has 2 atom stereocenters. The van der Waals surface area contributed by atoms with Crippen LogP contribution in [-0.2, 0) is 13.6 Å². The second-order valence-electron chi connectivity index (χ2n) is 4.80. The maximum atomic E-state index is 9.56. The Kier molecular flexibility index (Phi) is 3.96. The standard InChI is InChI=1S/C12H21N3O/c1-15-6-5-11(14-15)9-13-8-10-3-2-4-12(16)7-10/h5-6,10,12-13,16H,2-4,7-9H2,1H3. The van der Waals surface area contributed by atoms with Crippen LogP contribution >= 0.6 is 0 Å². The first-order valence-electron chi connectivity index (χ1n) is 6.11. The van der Waals surface area contributed by atoms with Gasteiger partial charge in [0.15, 0.2) is 0 Å². The van der Waals surface area contributed by atoms with Gasteiger partial charge in [-0.25, -0.2) is 0 Å². The monoisotopic (exact) mass is 223 g/mol. The van der Waals surface area contributed by atoms with Gasteiger partial charge in [-0.1, -0.05) is 6.42 Å². The molecule has 16 heavy (non-hydrogen) atoms. The molecule has 1 fully saturated rings. The maximum absolute atomic E-state index is 9.56. The van der Waals surface area contributed by atoms with Crippen LogP contribution in [-0.4, -0.2) is 27.5 Å². The third kappa shape index (κ3) is 3.32. The molecule has 1 aliphatic rings. The Bertz CT molecular complexity index is 324. The summed E-state index contributed by atoms with van der Waals surface area (Å²) in [4.78, 5) is 0. The fourth-order valence-electron chi connectivity index (χ4n) is 2.41. The zero-order chi connectivity index (χ0) is 11.4. The van der Waals surface area contributed by atoms with Crippen molar-refractivity contribution in [3.8, 4) is 0 Å². The number of aromatic nitrogens is 2. The molecule has 1 aliphatic carbocycles. The first-order valence-corrected chi connectivity index (χ1v) is 6.11. The fourth-order valence-corrected chi connectivity index (χ4v) is 2.41. The molecular weight excluding hydrogens is 202 g/mol. The van der Waals surface area contributed by atoms with Gasteiger partial charge in [0, 0.05) is 19.8 Å². The molecule has 0 aromatic carbocycles. The quantitative estimate of drug-likeness (QED) is 0.802. The van der Waals surface area contributed by atoms with Crippen LogP contribution in [0.1, 0.15) is 31.4 Å². The number of hydrogen-bond acceptors (Lipinski definition) is 3. The molecule has 0 aliphatic heterocycles. The minimum absolute atomic E-state index is 0.0737. The molecule has 1 saturated carbocycles. The van der Waals surface area contributed by atoms with Crippen LogP contribution in [0.4, 0.5) is 0 Å². The zero-order valence-electron chi connectivity index (χ0n) is 9.89. The smallest absolute Gasteiger partial charge is 0.0762 e. The zero-order valence-corrected chi connectivity index (χ0v) is 9.89. The van der Waals surface area contributed by atoms with E-state index in [0.717, 1.165) is 38.0 Å². The highest BCUT2D eigenvalue weighted by Gasteiger charge is 2.19. The molecule has 4 nitrogen and oxygen atoms in total. The van der Waals surface area contributed by atoms with E-state index in [4.69, 9.17) is 0 Å². The first kappa shape index (κ1) is 11.6. The van der Waals surface area contributed by atoms with Gasteiger partial charge >= 0.3 is 0 Å². The van der Waals surface area contributed by atoms with E-state index in [1.807, 2.05) is 24.0 Å². The molecule has 1 aromatic heterocycles. The van der Waals surface area contributed by atoms with Crippen LogP contribution in [0.3, 0.4) is 0 Å². The highest BCUT2D eigenvalue weighted by Crippen LogP contribution is 2.23. The molecule has 2 unspecified atom stereocenters. The maximum Gasteiger partial charge on any atom is 0.0762 e. The summed E-state index contributed by atoms with van der Waals surface area (Å²) in [6.07, 6.45) is 6.23. The predicted octanol–water partition coefficient (Wildman–Crippen LogP) is 1.06. The van der Waals surface area contributed by atoms with Crippen molar-refractivity contribution < 1.29 is 5.11 Å². The van der Waals surface area contributed by atoms with Crippen molar-refractivity contribution in [1.29, 1.82) is 0 Å². The van der Waals surface area contributed by atoms with Crippen LogP contribution in [0.2, 0.25) is 0 Å². The van der Waals surface area contributed by atoms with Crippen molar-refractivity contribution in [2.45, 2.75) is 38.3 Å². The van der Waals surface area contributed by atoms with E-state index in [0.29, 0.717) is 5.92 Å². The second kappa shape index (κ2) is 5.46. The summed E-state index contributed by atoms with van der Waals surface area (Å²) in [5.74, 6) is 0.632. The van der Waals surface area contributed by atoms with E-state index >= 15 is 0 Å². The summed E-state index contributed by atoms with van der Waals surface area (Å²) in [6.45, 7) is 1.82. The summed E-state index contributed by atoms with van der Waals surface area (Å²) < 4.78 is 1.82. The van der Waals surface area contributed by atoms with Crippen LogP contribution in [0.25, 0.3) is 0 Å². The van der Waals surface area contributed by atoms with Gasteiger partial charge in [-0.2, -0.15) is 5.10 Å². The molecule has 2 rings (SSSR count). The fraction of sp³-hybridized carbons (Fsp3) is 0.750. The largest absolute Gasteiger partial charge is 0.393 e. The molecule has 1 aromatic rings. The van der Waals surface area contributed by atoms with E-state index in [-0.39, 0.29) is 6.10 Å². The third-order valence-corrected chi connectivity index (χ3v) is 3.26. The van der Waals surface area contributed by atoms with Crippen LogP contribution < -0.4 is 5.32 Å². The van der Waals surface area contributed by atoms with Crippen molar-refractivity contribution in [3.63, 3.8) is 0 Å². The van der Waals surface area contributed by atoms with Gasteiger partial charge in [0.1, 0.15) is 0 Å². The van der Waals surface area contributed by atoms with Crippen molar-refractivity contribution in [2.75, 3.05) is 6.54 Å². The molecule has 1 heterocycles. The number of hydrogen-bond donors (Lipinski definition) is 2. The average Bonchev–Trinajstić information content (AvgIpc) is 2.64. The lowest BCUT2D eigenvalue weighted by Crippen LogP contribution is -2.29. The lowest BCUT2D eigenvalue weighted by Gasteiger charge is -2.25. The number of aryl methyl sites for hydroxylation is 1. The number of nitrogens with one attached hydrogen (secondary N) is 1. The molecule has 0 saturated heterocycles. The Labute approximate surface area is 96.7 Å². The van der Waals surface area contributed by atoms with Gasteiger partial charge in [-0.3, -0.25) is 4.68 Å². The molecular formula is C12H21N3O. The van der Waals surface area contributed by atoms with Crippen LogP contribution in [0, 0.1) is 5.92 Å². The highest BCUT2D eigenvalue weighted by atomic mass is 16.3. The van der Waals surface area contributed by atoms with Crippen LogP contribution in [0.5, 0.6) is 0 Å². The number of rotatable bonds is 4. The number of nitrogens with zero attached hydrogens (tertiary/aromatic N) is 2. The average molecular weight is 223 g/mol. The third-order valence-electron chi connectivity index (χ3n) is 3.26. The lowest BCUT2D eigenvalue weighted by molar-refractivity contribution is 0.101. The highest BCUT2D eigenvalue weighted by molar-refractivity contribution is 4.97. The lowest BCUT2D eigenvalue weighted by atomic mass is 9.87. The predicted molar refractivity (Wildman–Crippen MR) is 62.9 cm³/mol. The van der Waals surface area contributed by atoms with Crippen molar-refractivity contribution >= 4 is 0 Å². The summed E-state index contributed by atoms with van der Waals surface area (Å²) in [7, 11) is 1.93. The van der Waals surface area contributed by atoms with Crippen LogP contribution in [0.15, 0.2) is 12.3 Å². The Morgan fingerprint density at radius 1 is 1.56 bits per heavy atom.